The standard InChI is InChI=1S/C14H14Br4O3/c15-11(8-4-2-1-3-5-8)13(17)14(18)12(16)9(19)6-7-10(20)21/h1-5,11-14H,6-7H2,(H,20,21)/t11-,12-,13+,14-/m1/s1. The summed E-state index contributed by atoms with van der Waals surface area (Å²) >= 11 is 14.1. The summed E-state index contributed by atoms with van der Waals surface area (Å²) in [7, 11) is 0. The molecule has 0 aliphatic rings. The number of carbonyl (C=O) groups excluding carboxylic acids is 1. The van der Waals surface area contributed by atoms with Gasteiger partial charge in [-0.15, -0.1) is 0 Å². The number of carboxylic acid groups (broad SMARTS) is 1. The van der Waals surface area contributed by atoms with Crippen LogP contribution < -0.4 is 0 Å². The average Bonchev–Trinajstić information content (AvgIpc) is 2.50. The molecule has 0 bridgehead atoms. The van der Waals surface area contributed by atoms with Crippen LogP contribution in [0.4, 0.5) is 0 Å². The minimum Gasteiger partial charge on any atom is -0.481 e. The molecular formula is C14H14Br4O3. The molecule has 0 saturated heterocycles. The van der Waals surface area contributed by atoms with E-state index in [1.807, 2.05) is 30.3 Å². The zero-order valence-corrected chi connectivity index (χ0v) is 17.2. The van der Waals surface area contributed by atoms with E-state index in [1.54, 1.807) is 0 Å². The quantitative estimate of drug-likeness (QED) is 0.472. The van der Waals surface area contributed by atoms with Gasteiger partial charge in [0.25, 0.3) is 0 Å². The van der Waals surface area contributed by atoms with E-state index in [9.17, 15) is 9.59 Å². The molecule has 0 unspecified atom stereocenters. The van der Waals surface area contributed by atoms with Crippen LogP contribution in [0, 0.1) is 0 Å². The van der Waals surface area contributed by atoms with Crippen LogP contribution in [0.1, 0.15) is 23.2 Å². The fourth-order valence-corrected chi connectivity index (χ4v) is 4.91. The molecule has 1 aromatic carbocycles. The van der Waals surface area contributed by atoms with E-state index >= 15 is 0 Å². The highest BCUT2D eigenvalue weighted by Gasteiger charge is 2.33. The lowest BCUT2D eigenvalue weighted by molar-refractivity contribution is -0.138. The SMILES string of the molecule is O=C(O)CCC(=O)[C@@H](Br)[C@@H](Br)[C@@H](Br)[C@H](Br)c1ccccc1. The van der Waals surface area contributed by atoms with Gasteiger partial charge in [-0.25, -0.2) is 0 Å². The topological polar surface area (TPSA) is 54.4 Å². The van der Waals surface area contributed by atoms with Crippen molar-refractivity contribution in [2.45, 2.75) is 32.2 Å². The lowest BCUT2D eigenvalue weighted by Crippen LogP contribution is -2.33. The second-order valence-electron chi connectivity index (χ2n) is 4.46. The number of hydrogen-bond acceptors (Lipinski definition) is 2. The number of halogens is 4. The predicted molar refractivity (Wildman–Crippen MR) is 98.1 cm³/mol. The van der Waals surface area contributed by atoms with Gasteiger partial charge in [0.15, 0.2) is 0 Å². The molecule has 0 heterocycles. The monoisotopic (exact) mass is 546 g/mol. The smallest absolute Gasteiger partial charge is 0.303 e. The summed E-state index contributed by atoms with van der Waals surface area (Å²) in [6.45, 7) is 0. The third kappa shape index (κ3) is 6.12. The Kier molecular flexibility index (Phi) is 8.67. The summed E-state index contributed by atoms with van der Waals surface area (Å²) in [4.78, 5) is 21.9. The van der Waals surface area contributed by atoms with E-state index in [0.717, 1.165) is 5.56 Å². The number of alkyl halides is 4. The van der Waals surface area contributed by atoms with Crippen molar-refractivity contribution in [1.82, 2.24) is 0 Å². The van der Waals surface area contributed by atoms with E-state index < -0.39 is 10.8 Å². The highest BCUT2D eigenvalue weighted by Crippen LogP contribution is 2.38. The highest BCUT2D eigenvalue weighted by molar-refractivity contribution is 9.14. The molecule has 1 rings (SSSR count). The molecule has 4 atom stereocenters. The number of carbonyl (C=O) groups is 2. The van der Waals surface area contributed by atoms with E-state index in [0.29, 0.717) is 0 Å². The third-order valence-electron chi connectivity index (χ3n) is 2.87. The van der Waals surface area contributed by atoms with Crippen LogP contribution in [0.5, 0.6) is 0 Å². The molecule has 0 aliphatic heterocycles. The number of aliphatic carboxylic acids is 1. The molecule has 0 radical (unpaired) electrons. The average molecular weight is 550 g/mol. The molecule has 0 aromatic heterocycles. The largest absolute Gasteiger partial charge is 0.481 e. The summed E-state index contributed by atoms with van der Waals surface area (Å²) in [5, 5.41) is 8.63. The first-order chi connectivity index (χ1) is 9.84. The molecule has 0 aliphatic carbocycles. The first kappa shape index (κ1) is 19.3. The number of benzene rings is 1. The minimum atomic E-state index is -0.966. The molecule has 1 N–H and O–H groups in total. The first-order valence-corrected chi connectivity index (χ1v) is 9.86. The molecule has 21 heavy (non-hydrogen) atoms. The summed E-state index contributed by atoms with van der Waals surface area (Å²) in [6, 6.07) is 9.86. The maximum Gasteiger partial charge on any atom is 0.303 e. The molecule has 7 heteroatoms. The van der Waals surface area contributed by atoms with Crippen molar-refractivity contribution in [3.8, 4) is 0 Å². The van der Waals surface area contributed by atoms with Crippen LogP contribution in [0.15, 0.2) is 30.3 Å². The van der Waals surface area contributed by atoms with Gasteiger partial charge in [-0.3, -0.25) is 9.59 Å². The van der Waals surface area contributed by atoms with Gasteiger partial charge in [-0.2, -0.15) is 0 Å². The Balaban J connectivity index is 2.66. The van der Waals surface area contributed by atoms with Crippen LogP contribution in [0.3, 0.4) is 0 Å². The maximum atomic E-state index is 12.0. The van der Waals surface area contributed by atoms with Gasteiger partial charge in [-0.1, -0.05) is 94.1 Å². The van der Waals surface area contributed by atoms with Crippen molar-refractivity contribution < 1.29 is 14.7 Å². The Hall–Kier alpha value is 0.280. The van der Waals surface area contributed by atoms with Crippen LogP contribution in [-0.2, 0) is 9.59 Å². The minimum absolute atomic E-state index is 0.0192. The van der Waals surface area contributed by atoms with Gasteiger partial charge in [0, 0.05) is 16.1 Å². The van der Waals surface area contributed by atoms with Gasteiger partial charge >= 0.3 is 5.97 Å². The summed E-state index contributed by atoms with van der Waals surface area (Å²) in [5.41, 5.74) is 1.10. The van der Waals surface area contributed by atoms with Crippen LogP contribution in [-0.4, -0.2) is 31.3 Å². The van der Waals surface area contributed by atoms with Crippen LogP contribution in [0.2, 0.25) is 0 Å². The highest BCUT2D eigenvalue weighted by atomic mass is 79.9. The second kappa shape index (κ2) is 9.43. The summed E-state index contributed by atoms with van der Waals surface area (Å²) in [6.07, 6.45) is -0.130. The lowest BCUT2D eigenvalue weighted by atomic mass is 10.0. The van der Waals surface area contributed by atoms with Crippen LogP contribution >= 0.6 is 63.7 Å². The zero-order valence-electron chi connectivity index (χ0n) is 10.9. The molecule has 0 spiro atoms. The number of ketones is 1. The lowest BCUT2D eigenvalue weighted by Gasteiger charge is -2.25. The normalized spacial score (nSPS) is 16.8. The van der Waals surface area contributed by atoms with Gasteiger partial charge in [-0.05, 0) is 5.56 Å². The van der Waals surface area contributed by atoms with Crippen molar-refractivity contribution in [2.75, 3.05) is 0 Å². The van der Waals surface area contributed by atoms with Gasteiger partial charge < -0.3 is 5.11 Å². The van der Waals surface area contributed by atoms with E-state index in [1.165, 1.54) is 0 Å². The Labute approximate surface area is 157 Å². The summed E-state index contributed by atoms with van der Waals surface area (Å²) < 4.78 is 0. The van der Waals surface area contributed by atoms with Crippen molar-refractivity contribution in [2.24, 2.45) is 0 Å². The molecule has 0 amide bonds. The molecule has 0 fully saturated rings. The Morgan fingerprint density at radius 3 is 2.05 bits per heavy atom. The molecule has 1 aromatic rings. The van der Waals surface area contributed by atoms with Crippen molar-refractivity contribution in [3.05, 3.63) is 35.9 Å². The Morgan fingerprint density at radius 2 is 1.52 bits per heavy atom. The fraction of sp³-hybridized carbons (Fsp3) is 0.429. The summed E-state index contributed by atoms with van der Waals surface area (Å²) in [5.74, 6) is -1.09. The van der Waals surface area contributed by atoms with E-state index in [-0.39, 0.29) is 33.1 Å². The van der Waals surface area contributed by atoms with E-state index in [4.69, 9.17) is 5.11 Å². The van der Waals surface area contributed by atoms with Crippen molar-refractivity contribution in [3.63, 3.8) is 0 Å². The number of Topliss-reactive ketones (excluding diaryl/α,β-unsaturated/α-hetero) is 1. The van der Waals surface area contributed by atoms with Gasteiger partial charge in [0.2, 0.25) is 0 Å². The molecular weight excluding hydrogens is 536 g/mol. The molecule has 0 saturated carbocycles. The Morgan fingerprint density at radius 1 is 0.952 bits per heavy atom. The predicted octanol–water partition coefficient (Wildman–Crippen LogP) is 4.85. The number of rotatable bonds is 8. The van der Waals surface area contributed by atoms with Crippen LogP contribution in [0.25, 0.3) is 0 Å². The van der Waals surface area contributed by atoms with Gasteiger partial charge in [0.05, 0.1) is 16.1 Å². The maximum absolute atomic E-state index is 12.0. The third-order valence-corrected chi connectivity index (χ3v) is 9.38. The number of carboxylic acids is 1. The molecule has 3 nitrogen and oxygen atoms in total. The zero-order chi connectivity index (χ0) is 16.0. The van der Waals surface area contributed by atoms with E-state index in [2.05, 4.69) is 63.7 Å². The van der Waals surface area contributed by atoms with Gasteiger partial charge in [0.1, 0.15) is 5.78 Å². The van der Waals surface area contributed by atoms with Crippen molar-refractivity contribution in [1.29, 1.82) is 0 Å². The molecule has 116 valence electrons. The fourth-order valence-electron chi connectivity index (χ4n) is 1.69. The number of hydrogen-bond donors (Lipinski definition) is 1. The Bertz CT molecular complexity index is 480. The van der Waals surface area contributed by atoms with Crippen molar-refractivity contribution >= 4 is 75.5 Å². The first-order valence-electron chi connectivity index (χ1n) is 6.20. The second-order valence-corrected chi connectivity index (χ2v) is 8.55.